The van der Waals surface area contributed by atoms with Crippen LogP contribution in [0.15, 0.2) is 66.7 Å². The van der Waals surface area contributed by atoms with Crippen LogP contribution in [0.4, 0.5) is 17.1 Å². The highest BCUT2D eigenvalue weighted by molar-refractivity contribution is 6.09. The van der Waals surface area contributed by atoms with Gasteiger partial charge in [0.2, 0.25) is 0 Å². The highest BCUT2D eigenvalue weighted by Gasteiger charge is 2.14. The average molecular weight is 387 g/mol. The van der Waals surface area contributed by atoms with Crippen LogP contribution >= 0.6 is 0 Å². The summed E-state index contributed by atoms with van der Waals surface area (Å²) in [6.45, 7) is 4.11. The summed E-state index contributed by atoms with van der Waals surface area (Å²) in [4.78, 5) is 26.6. The Labute approximate surface area is 171 Å². The van der Waals surface area contributed by atoms with Gasteiger partial charge in [0.1, 0.15) is 0 Å². The standard InChI is InChI=1S/C24H25N3O2/c1-16-9-7-14-21(17(16)2)26-22-13-6-5-12-20(22)23(28)25-19-11-8-10-18(15-19)24(29)27(3)4/h5-15,26H,1-4H3,(H,25,28). The number of carbonyl (C=O) groups excluding carboxylic acids is 2. The number of carbonyl (C=O) groups is 2. The Kier molecular flexibility index (Phi) is 5.98. The van der Waals surface area contributed by atoms with Crippen molar-refractivity contribution < 1.29 is 9.59 Å². The fourth-order valence-electron chi connectivity index (χ4n) is 3.01. The van der Waals surface area contributed by atoms with E-state index in [0.717, 1.165) is 16.9 Å². The lowest BCUT2D eigenvalue weighted by Crippen LogP contribution is -2.22. The van der Waals surface area contributed by atoms with E-state index in [0.29, 0.717) is 16.8 Å². The summed E-state index contributed by atoms with van der Waals surface area (Å²) >= 11 is 0. The van der Waals surface area contributed by atoms with Crippen molar-refractivity contribution in [3.63, 3.8) is 0 Å². The van der Waals surface area contributed by atoms with E-state index in [1.807, 2.05) is 37.3 Å². The maximum Gasteiger partial charge on any atom is 0.257 e. The molecule has 3 aromatic rings. The van der Waals surface area contributed by atoms with E-state index in [1.54, 1.807) is 44.4 Å². The van der Waals surface area contributed by atoms with E-state index in [9.17, 15) is 9.59 Å². The van der Waals surface area contributed by atoms with E-state index >= 15 is 0 Å². The number of para-hydroxylation sites is 1. The molecule has 5 heteroatoms. The Hall–Kier alpha value is -3.60. The molecule has 0 atom stereocenters. The number of hydrogen-bond acceptors (Lipinski definition) is 3. The van der Waals surface area contributed by atoms with Gasteiger partial charge in [-0.3, -0.25) is 9.59 Å². The van der Waals surface area contributed by atoms with E-state index in [4.69, 9.17) is 0 Å². The number of benzene rings is 3. The summed E-state index contributed by atoms with van der Waals surface area (Å²) in [5.74, 6) is -0.356. The third kappa shape index (κ3) is 4.63. The molecule has 0 fully saturated rings. The first-order valence-corrected chi connectivity index (χ1v) is 9.42. The third-order valence-electron chi connectivity index (χ3n) is 4.82. The van der Waals surface area contributed by atoms with Gasteiger partial charge >= 0.3 is 0 Å². The lowest BCUT2D eigenvalue weighted by atomic mass is 10.1. The van der Waals surface area contributed by atoms with Crippen molar-refractivity contribution >= 4 is 28.9 Å². The second-order valence-corrected chi connectivity index (χ2v) is 7.15. The van der Waals surface area contributed by atoms with Crippen LogP contribution in [0.5, 0.6) is 0 Å². The van der Waals surface area contributed by atoms with Gasteiger partial charge < -0.3 is 15.5 Å². The smallest absolute Gasteiger partial charge is 0.257 e. The monoisotopic (exact) mass is 387 g/mol. The zero-order chi connectivity index (χ0) is 21.0. The van der Waals surface area contributed by atoms with Crippen molar-refractivity contribution in [3.05, 3.63) is 89.0 Å². The first kappa shape index (κ1) is 20.1. The molecule has 0 heterocycles. The third-order valence-corrected chi connectivity index (χ3v) is 4.82. The molecule has 5 nitrogen and oxygen atoms in total. The Morgan fingerprint density at radius 3 is 2.28 bits per heavy atom. The van der Waals surface area contributed by atoms with Crippen LogP contribution in [-0.4, -0.2) is 30.8 Å². The molecular weight excluding hydrogens is 362 g/mol. The van der Waals surface area contributed by atoms with Gasteiger partial charge in [0.15, 0.2) is 0 Å². The minimum atomic E-state index is -0.243. The summed E-state index contributed by atoms with van der Waals surface area (Å²) in [5.41, 5.74) is 5.62. The lowest BCUT2D eigenvalue weighted by Gasteiger charge is -2.15. The number of nitrogens with one attached hydrogen (secondary N) is 2. The van der Waals surface area contributed by atoms with Crippen molar-refractivity contribution in [1.29, 1.82) is 0 Å². The van der Waals surface area contributed by atoms with Gasteiger partial charge in [0.25, 0.3) is 11.8 Å². The van der Waals surface area contributed by atoms with Gasteiger partial charge in [0, 0.05) is 31.0 Å². The summed E-state index contributed by atoms with van der Waals surface area (Å²) in [5, 5.41) is 6.27. The number of hydrogen-bond donors (Lipinski definition) is 2. The van der Waals surface area contributed by atoms with E-state index in [1.165, 1.54) is 10.5 Å². The molecule has 2 N–H and O–H groups in total. The van der Waals surface area contributed by atoms with E-state index in [-0.39, 0.29) is 11.8 Å². The van der Waals surface area contributed by atoms with Crippen LogP contribution in [0.1, 0.15) is 31.8 Å². The fraction of sp³-hybridized carbons (Fsp3) is 0.167. The summed E-state index contributed by atoms with van der Waals surface area (Å²) in [7, 11) is 3.39. The minimum Gasteiger partial charge on any atom is -0.355 e. The second-order valence-electron chi connectivity index (χ2n) is 7.15. The molecule has 0 bridgehead atoms. The van der Waals surface area contributed by atoms with Crippen LogP contribution in [0, 0.1) is 13.8 Å². The number of amides is 2. The first-order valence-electron chi connectivity index (χ1n) is 9.42. The second kappa shape index (κ2) is 8.61. The molecule has 0 saturated carbocycles. The highest BCUT2D eigenvalue weighted by Crippen LogP contribution is 2.26. The quantitative estimate of drug-likeness (QED) is 0.647. The predicted molar refractivity (Wildman–Crippen MR) is 118 cm³/mol. The molecule has 2 amide bonds. The molecule has 0 aliphatic heterocycles. The fourth-order valence-corrected chi connectivity index (χ4v) is 3.01. The molecule has 29 heavy (non-hydrogen) atoms. The molecule has 148 valence electrons. The number of rotatable bonds is 5. The van der Waals surface area contributed by atoms with Crippen molar-refractivity contribution in [2.45, 2.75) is 13.8 Å². The average Bonchev–Trinajstić information content (AvgIpc) is 2.71. The van der Waals surface area contributed by atoms with Gasteiger partial charge in [-0.2, -0.15) is 0 Å². The first-order chi connectivity index (χ1) is 13.9. The van der Waals surface area contributed by atoms with Crippen LogP contribution < -0.4 is 10.6 Å². The molecule has 0 saturated heterocycles. The molecule has 3 aromatic carbocycles. The Balaban J connectivity index is 1.85. The Bertz CT molecular complexity index is 1060. The summed E-state index contributed by atoms with van der Waals surface area (Å²) in [6.07, 6.45) is 0. The lowest BCUT2D eigenvalue weighted by molar-refractivity contribution is 0.0827. The van der Waals surface area contributed by atoms with Gasteiger partial charge in [-0.15, -0.1) is 0 Å². The van der Waals surface area contributed by atoms with Crippen molar-refractivity contribution in [2.24, 2.45) is 0 Å². The molecular formula is C24H25N3O2. The van der Waals surface area contributed by atoms with Crippen LogP contribution in [0.25, 0.3) is 0 Å². The molecule has 0 unspecified atom stereocenters. The SMILES string of the molecule is Cc1cccc(Nc2ccccc2C(=O)Nc2cccc(C(=O)N(C)C)c2)c1C. The van der Waals surface area contributed by atoms with Gasteiger partial charge in [-0.1, -0.05) is 30.3 Å². The van der Waals surface area contributed by atoms with Crippen molar-refractivity contribution in [1.82, 2.24) is 4.90 Å². The molecule has 0 spiro atoms. The normalized spacial score (nSPS) is 10.3. The molecule has 3 rings (SSSR count). The van der Waals surface area contributed by atoms with Crippen LogP contribution in [0.3, 0.4) is 0 Å². The van der Waals surface area contributed by atoms with Gasteiger partial charge in [-0.05, 0) is 61.4 Å². The van der Waals surface area contributed by atoms with Crippen LogP contribution in [-0.2, 0) is 0 Å². The highest BCUT2D eigenvalue weighted by atomic mass is 16.2. The topological polar surface area (TPSA) is 61.4 Å². The van der Waals surface area contributed by atoms with Gasteiger partial charge in [0.05, 0.1) is 11.3 Å². The zero-order valence-electron chi connectivity index (χ0n) is 17.1. The zero-order valence-corrected chi connectivity index (χ0v) is 17.1. The number of nitrogens with zero attached hydrogens (tertiary/aromatic N) is 1. The van der Waals surface area contributed by atoms with Gasteiger partial charge in [-0.25, -0.2) is 0 Å². The van der Waals surface area contributed by atoms with E-state index in [2.05, 4.69) is 23.6 Å². The van der Waals surface area contributed by atoms with Crippen molar-refractivity contribution in [3.8, 4) is 0 Å². The molecule has 0 aliphatic carbocycles. The van der Waals surface area contributed by atoms with Crippen LogP contribution in [0.2, 0.25) is 0 Å². The Morgan fingerprint density at radius 2 is 1.52 bits per heavy atom. The predicted octanol–water partition coefficient (Wildman–Crippen LogP) is 5.00. The van der Waals surface area contributed by atoms with E-state index < -0.39 is 0 Å². The molecule has 0 aliphatic rings. The van der Waals surface area contributed by atoms with Crippen molar-refractivity contribution in [2.75, 3.05) is 24.7 Å². The largest absolute Gasteiger partial charge is 0.355 e. The number of anilines is 3. The summed E-state index contributed by atoms with van der Waals surface area (Å²) in [6, 6.07) is 20.3. The maximum atomic E-state index is 12.9. The summed E-state index contributed by atoms with van der Waals surface area (Å²) < 4.78 is 0. The minimum absolute atomic E-state index is 0.113. The molecule has 0 radical (unpaired) electrons. The maximum absolute atomic E-state index is 12.9. The number of aryl methyl sites for hydroxylation is 1. The molecule has 0 aromatic heterocycles. The Morgan fingerprint density at radius 1 is 0.828 bits per heavy atom.